The van der Waals surface area contributed by atoms with Crippen LogP contribution in [0.5, 0.6) is 0 Å². The van der Waals surface area contributed by atoms with E-state index in [0.29, 0.717) is 12.2 Å². The van der Waals surface area contributed by atoms with Gasteiger partial charge in [0, 0.05) is 12.7 Å². The number of urea groups is 1. The van der Waals surface area contributed by atoms with Crippen molar-refractivity contribution in [3.63, 3.8) is 0 Å². The Hall–Kier alpha value is -2.76. The molecule has 0 atom stereocenters. The van der Waals surface area contributed by atoms with E-state index in [-0.39, 0.29) is 11.9 Å². The molecule has 3 N–H and O–H groups in total. The van der Waals surface area contributed by atoms with Crippen molar-refractivity contribution in [1.29, 1.82) is 0 Å². The van der Waals surface area contributed by atoms with E-state index in [4.69, 9.17) is 4.42 Å². The summed E-state index contributed by atoms with van der Waals surface area (Å²) < 4.78 is 5.26. The van der Waals surface area contributed by atoms with Crippen molar-refractivity contribution in [2.45, 2.75) is 31.2 Å². The molecule has 126 valence electrons. The first-order chi connectivity index (χ1) is 11.6. The minimum absolute atomic E-state index is 0.0251. The van der Waals surface area contributed by atoms with Crippen LogP contribution < -0.4 is 16.0 Å². The van der Waals surface area contributed by atoms with Crippen molar-refractivity contribution >= 4 is 17.6 Å². The zero-order chi connectivity index (χ0) is 17.0. The molecule has 1 aromatic heterocycles. The summed E-state index contributed by atoms with van der Waals surface area (Å²) in [5.74, 6) is 0.764. The normalized spacial score (nSPS) is 15.2. The molecule has 0 aliphatic heterocycles. The SMILES string of the molecule is CNC(=O)Nc1ccc(C2(C(=O)NCc3ccco3)CCC2)cc1. The largest absolute Gasteiger partial charge is 0.467 e. The van der Waals surface area contributed by atoms with Gasteiger partial charge in [-0.1, -0.05) is 18.6 Å². The fraction of sp³-hybridized carbons (Fsp3) is 0.333. The van der Waals surface area contributed by atoms with Crippen molar-refractivity contribution in [2.24, 2.45) is 0 Å². The van der Waals surface area contributed by atoms with Gasteiger partial charge in [0.05, 0.1) is 18.2 Å². The Bertz CT molecular complexity index is 704. The van der Waals surface area contributed by atoms with E-state index in [0.717, 1.165) is 30.6 Å². The number of hydrogen-bond donors (Lipinski definition) is 3. The number of hydrogen-bond acceptors (Lipinski definition) is 3. The van der Waals surface area contributed by atoms with Gasteiger partial charge in [-0.25, -0.2) is 4.79 Å². The average molecular weight is 327 g/mol. The van der Waals surface area contributed by atoms with E-state index in [2.05, 4.69) is 16.0 Å². The molecule has 1 fully saturated rings. The molecule has 0 radical (unpaired) electrons. The van der Waals surface area contributed by atoms with Crippen LogP contribution in [0.2, 0.25) is 0 Å². The summed E-state index contributed by atoms with van der Waals surface area (Å²) in [5.41, 5.74) is 1.20. The Morgan fingerprint density at radius 2 is 1.92 bits per heavy atom. The van der Waals surface area contributed by atoms with Crippen molar-refractivity contribution < 1.29 is 14.0 Å². The Kier molecular flexibility index (Phi) is 4.55. The predicted octanol–water partition coefficient (Wildman–Crippen LogP) is 2.77. The molecule has 1 saturated carbocycles. The number of nitrogens with one attached hydrogen (secondary N) is 3. The highest BCUT2D eigenvalue weighted by atomic mass is 16.3. The third-order valence-corrected chi connectivity index (χ3v) is 4.57. The molecule has 6 heteroatoms. The summed E-state index contributed by atoms with van der Waals surface area (Å²) in [7, 11) is 1.57. The highest BCUT2D eigenvalue weighted by Gasteiger charge is 2.45. The van der Waals surface area contributed by atoms with Crippen LogP contribution in [-0.4, -0.2) is 19.0 Å². The quantitative estimate of drug-likeness (QED) is 0.789. The number of anilines is 1. The summed E-state index contributed by atoms with van der Waals surface area (Å²) in [6, 6.07) is 10.9. The highest BCUT2D eigenvalue weighted by Crippen LogP contribution is 2.44. The molecule has 3 amide bonds. The van der Waals surface area contributed by atoms with Gasteiger partial charge in [-0.15, -0.1) is 0 Å². The molecular weight excluding hydrogens is 306 g/mol. The fourth-order valence-electron chi connectivity index (χ4n) is 2.99. The number of benzene rings is 1. The van der Waals surface area contributed by atoms with Crippen molar-refractivity contribution in [3.8, 4) is 0 Å². The zero-order valence-electron chi connectivity index (χ0n) is 13.6. The van der Waals surface area contributed by atoms with Crippen LogP contribution in [0.15, 0.2) is 47.1 Å². The van der Waals surface area contributed by atoms with Gasteiger partial charge in [0.25, 0.3) is 0 Å². The van der Waals surface area contributed by atoms with Crippen LogP contribution in [0.25, 0.3) is 0 Å². The van der Waals surface area contributed by atoms with E-state index in [1.165, 1.54) is 0 Å². The van der Waals surface area contributed by atoms with Crippen LogP contribution in [0.4, 0.5) is 10.5 Å². The molecule has 24 heavy (non-hydrogen) atoms. The average Bonchev–Trinajstić information content (AvgIpc) is 3.07. The smallest absolute Gasteiger partial charge is 0.318 e. The molecule has 0 unspecified atom stereocenters. The lowest BCUT2D eigenvalue weighted by atomic mass is 9.64. The highest BCUT2D eigenvalue weighted by molar-refractivity contribution is 5.90. The fourth-order valence-corrected chi connectivity index (χ4v) is 2.99. The second-order valence-electron chi connectivity index (χ2n) is 5.98. The zero-order valence-corrected chi connectivity index (χ0v) is 13.6. The molecule has 1 aliphatic rings. The number of rotatable bonds is 5. The van der Waals surface area contributed by atoms with E-state index in [9.17, 15) is 9.59 Å². The van der Waals surface area contributed by atoms with Crippen LogP contribution in [0.1, 0.15) is 30.6 Å². The maximum atomic E-state index is 12.7. The lowest BCUT2D eigenvalue weighted by Gasteiger charge is -2.40. The van der Waals surface area contributed by atoms with Gasteiger partial charge >= 0.3 is 6.03 Å². The van der Waals surface area contributed by atoms with Crippen molar-refractivity contribution in [3.05, 3.63) is 54.0 Å². The number of amides is 3. The lowest BCUT2D eigenvalue weighted by molar-refractivity contribution is -0.130. The Labute approximate surface area is 140 Å². The van der Waals surface area contributed by atoms with Gasteiger partial charge < -0.3 is 20.4 Å². The molecule has 2 aromatic rings. The lowest BCUT2D eigenvalue weighted by Crippen LogP contribution is -2.48. The Balaban J connectivity index is 1.70. The van der Waals surface area contributed by atoms with Gasteiger partial charge in [0.15, 0.2) is 0 Å². The second-order valence-corrected chi connectivity index (χ2v) is 5.98. The van der Waals surface area contributed by atoms with E-state index in [1.54, 1.807) is 19.4 Å². The summed E-state index contributed by atoms with van der Waals surface area (Å²) in [5, 5.41) is 8.19. The number of furan rings is 1. The predicted molar refractivity (Wildman–Crippen MR) is 90.6 cm³/mol. The molecule has 6 nitrogen and oxygen atoms in total. The van der Waals surface area contributed by atoms with Crippen LogP contribution in [-0.2, 0) is 16.8 Å². The summed E-state index contributed by atoms with van der Waals surface area (Å²) in [6.07, 6.45) is 4.30. The molecule has 1 aliphatic carbocycles. The molecular formula is C18H21N3O3. The number of carbonyl (C=O) groups excluding carboxylic acids is 2. The topological polar surface area (TPSA) is 83.4 Å². The summed E-state index contributed by atoms with van der Waals surface area (Å²) >= 11 is 0. The first-order valence-corrected chi connectivity index (χ1v) is 8.04. The summed E-state index contributed by atoms with van der Waals surface area (Å²) in [4.78, 5) is 24.1. The first kappa shape index (κ1) is 16.1. The maximum absolute atomic E-state index is 12.7. The molecule has 0 saturated heterocycles. The van der Waals surface area contributed by atoms with Crippen LogP contribution in [0.3, 0.4) is 0 Å². The number of carbonyl (C=O) groups is 2. The van der Waals surface area contributed by atoms with Crippen molar-refractivity contribution in [2.75, 3.05) is 12.4 Å². The van der Waals surface area contributed by atoms with E-state index >= 15 is 0 Å². The third-order valence-electron chi connectivity index (χ3n) is 4.57. The second kappa shape index (κ2) is 6.78. The van der Waals surface area contributed by atoms with Gasteiger partial charge in [0.2, 0.25) is 5.91 Å². The monoisotopic (exact) mass is 327 g/mol. The molecule has 1 aromatic carbocycles. The maximum Gasteiger partial charge on any atom is 0.318 e. The minimum Gasteiger partial charge on any atom is -0.467 e. The Morgan fingerprint density at radius 3 is 2.46 bits per heavy atom. The van der Waals surface area contributed by atoms with Gasteiger partial charge in [-0.05, 0) is 42.7 Å². The van der Waals surface area contributed by atoms with Gasteiger partial charge in [0.1, 0.15) is 5.76 Å². The van der Waals surface area contributed by atoms with E-state index < -0.39 is 5.41 Å². The van der Waals surface area contributed by atoms with Gasteiger partial charge in [-0.2, -0.15) is 0 Å². The minimum atomic E-state index is -0.474. The Morgan fingerprint density at radius 1 is 1.17 bits per heavy atom. The molecule has 0 spiro atoms. The molecule has 0 bridgehead atoms. The van der Waals surface area contributed by atoms with Crippen LogP contribution >= 0.6 is 0 Å². The summed E-state index contributed by atoms with van der Waals surface area (Å²) in [6.45, 7) is 0.393. The van der Waals surface area contributed by atoms with Crippen LogP contribution in [0, 0.1) is 0 Å². The standard InChI is InChI=1S/C18H21N3O3/c1-19-17(23)21-14-7-5-13(6-8-14)18(9-3-10-18)16(22)20-12-15-4-2-11-24-15/h2,4-8,11H,3,9-10,12H2,1H3,(H,20,22)(H2,19,21,23). The van der Waals surface area contributed by atoms with Gasteiger partial charge in [-0.3, -0.25) is 4.79 Å². The van der Waals surface area contributed by atoms with Crippen molar-refractivity contribution in [1.82, 2.24) is 10.6 Å². The third kappa shape index (κ3) is 3.13. The molecule has 3 rings (SSSR count). The first-order valence-electron chi connectivity index (χ1n) is 8.04. The van der Waals surface area contributed by atoms with E-state index in [1.807, 2.05) is 30.3 Å². The molecule has 1 heterocycles.